The van der Waals surface area contributed by atoms with E-state index in [4.69, 9.17) is 10.5 Å². The van der Waals surface area contributed by atoms with Crippen LogP contribution < -0.4 is 11.1 Å². The van der Waals surface area contributed by atoms with E-state index < -0.39 is 35.5 Å². The predicted octanol–water partition coefficient (Wildman–Crippen LogP) is -1.07. The number of thiazole rings is 1. The van der Waals surface area contributed by atoms with Gasteiger partial charge in [0.1, 0.15) is 18.8 Å². The first-order valence-corrected chi connectivity index (χ1v) is 10.0. The first-order valence-electron chi connectivity index (χ1n) is 9.14. The highest BCUT2D eigenvalue weighted by atomic mass is 32.1. The topological polar surface area (TPSA) is 177 Å². The molecule has 1 saturated heterocycles. The molecule has 3 heterocycles. The Morgan fingerprint density at radius 3 is 2.77 bits per heavy atom. The molecule has 2 aliphatic heterocycles. The van der Waals surface area contributed by atoms with E-state index in [1.807, 2.05) is 0 Å². The molecule has 166 valence electrons. The number of ether oxygens (including phenoxy) is 1. The Labute approximate surface area is 180 Å². The monoisotopic (exact) mass is 452 g/mol. The third-order valence-corrected chi connectivity index (χ3v) is 5.05. The van der Waals surface area contributed by atoms with Gasteiger partial charge in [0.15, 0.2) is 16.5 Å². The molecule has 1 aromatic rings. The van der Waals surface area contributed by atoms with E-state index in [2.05, 4.69) is 20.3 Å². The number of carboxylic acid groups (broad SMARTS) is 1. The Morgan fingerprint density at radius 1 is 1.45 bits per heavy atom. The molecule has 2 aliphatic rings. The maximum atomic E-state index is 12.9. The van der Waals surface area contributed by atoms with E-state index in [-0.39, 0.29) is 41.8 Å². The Balaban J connectivity index is 1.79. The van der Waals surface area contributed by atoms with Crippen LogP contribution in [0.15, 0.2) is 21.8 Å². The van der Waals surface area contributed by atoms with Crippen LogP contribution in [0.4, 0.5) is 5.13 Å². The molecule has 4 N–H and O–H groups in total. The fourth-order valence-electron chi connectivity index (χ4n) is 3.12. The van der Waals surface area contributed by atoms with Gasteiger partial charge in [-0.2, -0.15) is 0 Å². The molecule has 13 nitrogen and oxygen atoms in total. The molecule has 14 heteroatoms. The number of nitrogen functional groups attached to an aromatic ring is 1. The van der Waals surface area contributed by atoms with Gasteiger partial charge in [0, 0.05) is 11.9 Å². The van der Waals surface area contributed by atoms with Crippen molar-refractivity contribution in [1.82, 2.24) is 20.3 Å². The Kier molecular flexibility index (Phi) is 6.50. The number of aromatic nitrogens is 1. The summed E-state index contributed by atoms with van der Waals surface area (Å²) in [7, 11) is 1.24. The Morgan fingerprint density at radius 2 is 2.19 bits per heavy atom. The highest BCUT2D eigenvalue weighted by Gasteiger charge is 2.50. The molecule has 3 rings (SSSR count). The van der Waals surface area contributed by atoms with Crippen molar-refractivity contribution in [2.45, 2.75) is 19.4 Å². The van der Waals surface area contributed by atoms with Gasteiger partial charge in [-0.3, -0.25) is 9.59 Å². The zero-order valence-corrected chi connectivity index (χ0v) is 17.5. The van der Waals surface area contributed by atoms with E-state index >= 15 is 0 Å². The molecule has 0 spiro atoms. The number of anilines is 1. The third-order valence-electron chi connectivity index (χ3n) is 4.38. The van der Waals surface area contributed by atoms with Crippen molar-refractivity contribution in [2.24, 2.45) is 5.16 Å². The Bertz CT molecular complexity index is 987. The zero-order chi connectivity index (χ0) is 22.7. The number of hydrogen-bond acceptors (Lipinski definition) is 11. The van der Waals surface area contributed by atoms with Crippen LogP contribution in [-0.2, 0) is 28.8 Å². The first kappa shape index (κ1) is 22.2. The molecule has 0 saturated carbocycles. The number of hydrazine groups is 1. The highest BCUT2D eigenvalue weighted by Crippen LogP contribution is 2.30. The molecule has 1 fully saturated rings. The van der Waals surface area contributed by atoms with Crippen LogP contribution in [0.1, 0.15) is 19.0 Å². The van der Waals surface area contributed by atoms with Crippen LogP contribution in [0.25, 0.3) is 0 Å². The number of nitrogens with zero attached hydrogens (tertiary/aromatic N) is 4. The van der Waals surface area contributed by atoms with Gasteiger partial charge >= 0.3 is 11.9 Å². The lowest BCUT2D eigenvalue weighted by Crippen LogP contribution is -2.46. The van der Waals surface area contributed by atoms with E-state index in [0.29, 0.717) is 6.42 Å². The van der Waals surface area contributed by atoms with Crippen molar-refractivity contribution >= 4 is 45.9 Å². The number of oxime groups is 1. The van der Waals surface area contributed by atoms with Gasteiger partial charge in [-0.25, -0.2) is 24.6 Å². The van der Waals surface area contributed by atoms with Gasteiger partial charge < -0.3 is 25.7 Å². The lowest BCUT2D eigenvalue weighted by Gasteiger charge is -2.18. The van der Waals surface area contributed by atoms with Gasteiger partial charge in [0.25, 0.3) is 11.8 Å². The van der Waals surface area contributed by atoms with E-state index in [1.54, 1.807) is 6.92 Å². The summed E-state index contributed by atoms with van der Waals surface area (Å²) in [5, 5.41) is 19.7. The SMILES string of the molecule is CCCOC(=O)C1=C(C(=O)O)N2C(=O)[C@@H](NC(=O)/C(=N\OC)c3csc(N)n3)CN2C1. The molecule has 31 heavy (non-hydrogen) atoms. The molecule has 0 aliphatic carbocycles. The zero-order valence-electron chi connectivity index (χ0n) is 16.7. The number of carboxylic acids is 1. The molecule has 0 unspecified atom stereocenters. The smallest absolute Gasteiger partial charge is 0.354 e. The van der Waals surface area contributed by atoms with Crippen LogP contribution in [0.2, 0.25) is 0 Å². The van der Waals surface area contributed by atoms with Crippen LogP contribution in [0.3, 0.4) is 0 Å². The number of carbonyl (C=O) groups is 4. The van der Waals surface area contributed by atoms with Crippen LogP contribution in [0.5, 0.6) is 0 Å². The largest absolute Gasteiger partial charge is 0.477 e. The van der Waals surface area contributed by atoms with Crippen molar-refractivity contribution in [3.8, 4) is 0 Å². The molecule has 0 aromatic carbocycles. The van der Waals surface area contributed by atoms with E-state index in [1.165, 1.54) is 17.5 Å². The summed E-state index contributed by atoms with van der Waals surface area (Å²) < 4.78 is 5.02. The van der Waals surface area contributed by atoms with Crippen LogP contribution in [0, 0.1) is 0 Å². The normalized spacial score (nSPS) is 18.9. The van der Waals surface area contributed by atoms with Crippen molar-refractivity contribution in [3.63, 3.8) is 0 Å². The lowest BCUT2D eigenvalue weighted by atomic mass is 10.1. The van der Waals surface area contributed by atoms with Gasteiger partial charge in [-0.05, 0) is 6.42 Å². The van der Waals surface area contributed by atoms with Crippen molar-refractivity contribution in [1.29, 1.82) is 0 Å². The quantitative estimate of drug-likeness (QED) is 0.250. The minimum Gasteiger partial charge on any atom is -0.477 e. The number of nitrogens with one attached hydrogen (secondary N) is 1. The van der Waals surface area contributed by atoms with Crippen molar-refractivity contribution in [3.05, 3.63) is 22.3 Å². The number of amides is 2. The molecule has 0 radical (unpaired) electrons. The van der Waals surface area contributed by atoms with Gasteiger partial charge in [-0.15, -0.1) is 11.3 Å². The summed E-state index contributed by atoms with van der Waals surface area (Å²) in [6.45, 7) is 1.74. The Hall–Kier alpha value is -3.52. The summed E-state index contributed by atoms with van der Waals surface area (Å²) in [6.07, 6.45) is 0.567. The maximum Gasteiger partial charge on any atom is 0.354 e. The summed E-state index contributed by atoms with van der Waals surface area (Å²) in [4.78, 5) is 58.2. The van der Waals surface area contributed by atoms with Crippen molar-refractivity contribution < 1.29 is 33.9 Å². The van der Waals surface area contributed by atoms with Crippen LogP contribution >= 0.6 is 11.3 Å². The summed E-state index contributed by atoms with van der Waals surface area (Å²) >= 11 is 1.10. The molecule has 1 aromatic heterocycles. The standard InChI is InChI=1S/C17H20N6O7S/c1-3-4-30-16(28)8-5-22-6-9(14(25)23(22)12(8)15(26)27)19-13(24)11(21-29-2)10-7-31-17(18)20-10/h7,9H,3-6H2,1-2H3,(H2,18,20)(H,19,24)(H,26,27)/b21-11-/t9-/m0/s1. The predicted molar refractivity (Wildman–Crippen MR) is 106 cm³/mol. The van der Waals surface area contributed by atoms with E-state index in [9.17, 15) is 24.3 Å². The second kappa shape index (κ2) is 9.09. The summed E-state index contributed by atoms with van der Waals surface area (Å²) in [5.74, 6) is -3.71. The first-order chi connectivity index (χ1) is 14.8. The molecule has 2 amide bonds. The maximum absolute atomic E-state index is 12.9. The number of esters is 1. The number of nitrogens with two attached hydrogens (primary N) is 1. The van der Waals surface area contributed by atoms with Gasteiger partial charge in [-0.1, -0.05) is 12.1 Å². The summed E-state index contributed by atoms with van der Waals surface area (Å²) in [5.41, 5.74) is 4.95. The molecule has 0 bridgehead atoms. The van der Waals surface area contributed by atoms with Crippen molar-refractivity contribution in [2.75, 3.05) is 32.5 Å². The van der Waals surface area contributed by atoms with Gasteiger partial charge in [0.05, 0.1) is 18.7 Å². The average Bonchev–Trinajstić information content (AvgIpc) is 3.39. The molecular formula is C17H20N6O7S. The number of hydrogen-bond donors (Lipinski definition) is 3. The lowest BCUT2D eigenvalue weighted by molar-refractivity contribution is -0.143. The minimum absolute atomic E-state index is 0.0502. The second-order valence-corrected chi connectivity index (χ2v) is 7.37. The minimum atomic E-state index is -1.45. The van der Waals surface area contributed by atoms with E-state index in [0.717, 1.165) is 16.3 Å². The number of aliphatic carboxylic acids is 1. The fourth-order valence-corrected chi connectivity index (χ4v) is 3.67. The number of carbonyl (C=O) groups excluding carboxylic acids is 3. The average molecular weight is 452 g/mol. The molecule has 1 atom stereocenters. The third kappa shape index (κ3) is 4.34. The van der Waals surface area contributed by atoms with Crippen LogP contribution in [-0.4, -0.2) is 82.4 Å². The summed E-state index contributed by atoms with van der Waals surface area (Å²) in [6, 6.07) is -1.08. The number of fused-ring (bicyclic) bond motifs is 1. The van der Waals surface area contributed by atoms with Gasteiger partial charge in [0.2, 0.25) is 0 Å². The number of rotatable bonds is 8. The second-order valence-electron chi connectivity index (χ2n) is 6.48. The highest BCUT2D eigenvalue weighted by molar-refractivity contribution is 7.13. The fraction of sp³-hybridized carbons (Fsp3) is 0.412. The molecular weight excluding hydrogens is 432 g/mol.